The normalized spacial score (nSPS) is 8.20. The Morgan fingerprint density at radius 1 is 1.40 bits per heavy atom. The molecule has 7 heteroatoms. The van der Waals surface area contributed by atoms with Crippen LogP contribution in [0.25, 0.3) is 0 Å². The van der Waals surface area contributed by atoms with Crippen molar-refractivity contribution in [3.8, 4) is 0 Å². The van der Waals surface area contributed by atoms with Gasteiger partial charge in [0.15, 0.2) is 0 Å². The lowest BCUT2D eigenvalue weighted by Gasteiger charge is -1.95. The van der Waals surface area contributed by atoms with Crippen molar-refractivity contribution in [1.29, 1.82) is 0 Å². The van der Waals surface area contributed by atoms with Gasteiger partial charge in [-0.25, -0.2) is 9.79 Å². The zero-order valence-corrected chi connectivity index (χ0v) is 9.29. The monoisotopic (exact) mass is 218 g/mol. The highest BCUT2D eigenvalue weighted by molar-refractivity contribution is 5.78. The van der Waals surface area contributed by atoms with E-state index in [-0.39, 0.29) is 5.91 Å². The highest BCUT2D eigenvalue weighted by atomic mass is 16.5. The Hall–Kier alpha value is -1.47. The lowest BCUT2D eigenvalue weighted by Crippen LogP contribution is -2.29. The lowest BCUT2D eigenvalue weighted by molar-refractivity contribution is -0.120. The molecule has 0 spiro atoms. The van der Waals surface area contributed by atoms with Gasteiger partial charge in [-0.05, 0) is 13.8 Å². The van der Waals surface area contributed by atoms with Gasteiger partial charge in [-0.3, -0.25) is 4.79 Å². The van der Waals surface area contributed by atoms with Crippen LogP contribution in [-0.4, -0.2) is 46.2 Å². The molecule has 0 saturated carbocycles. The summed E-state index contributed by atoms with van der Waals surface area (Å²) in [6.45, 7) is 5.20. The van der Waals surface area contributed by atoms with Crippen LogP contribution in [0.4, 0.5) is 4.79 Å². The topological polar surface area (TPSA) is 91.8 Å². The van der Waals surface area contributed by atoms with Crippen LogP contribution < -0.4 is 16.0 Å². The summed E-state index contributed by atoms with van der Waals surface area (Å²) in [5.41, 5.74) is 0. The van der Waals surface area contributed by atoms with Crippen LogP contribution in [0.3, 0.4) is 0 Å². The number of carbonyl (C=O) groups excluding carboxylic acids is 2. The second kappa shape index (κ2) is 12.5. The van der Waals surface area contributed by atoms with Crippen LogP contribution in [0.2, 0.25) is 0 Å². The maximum absolute atomic E-state index is 10.2. The summed E-state index contributed by atoms with van der Waals surface area (Å²) >= 11 is 0. The molecule has 0 heterocycles. The van der Waals surface area contributed by atoms with E-state index in [1.165, 1.54) is 14.0 Å². The van der Waals surface area contributed by atoms with Crippen molar-refractivity contribution in [2.24, 2.45) is 4.99 Å². The number of hydrogen-bond donors (Lipinski definition) is 3. The molecule has 0 atom stereocenters. The first kappa shape index (κ1) is 16.0. The minimum Gasteiger partial charge on any atom is -0.364 e. The molecule has 0 aromatic carbocycles. The first-order chi connectivity index (χ1) is 7.08. The third kappa shape index (κ3) is 19.1. The van der Waals surface area contributed by atoms with Gasteiger partial charge in [-0.2, -0.15) is 0 Å². The standard InChI is InChI=1S/C4H9N3O.C4H9NO2/c1-5-3-7-4(8)6-2;1-4(6)5-3-7-2/h5H,2-3H2,1H3,(H,7,8);3H2,1-2H3,(H,5,6). The fourth-order valence-corrected chi connectivity index (χ4v) is 0.394. The van der Waals surface area contributed by atoms with Crippen molar-refractivity contribution in [3.63, 3.8) is 0 Å². The zero-order valence-electron chi connectivity index (χ0n) is 9.29. The number of nitrogens with zero attached hydrogens (tertiary/aromatic N) is 1. The fourth-order valence-electron chi connectivity index (χ4n) is 0.394. The quantitative estimate of drug-likeness (QED) is 0.430. The van der Waals surface area contributed by atoms with Gasteiger partial charge in [0.25, 0.3) is 0 Å². The van der Waals surface area contributed by atoms with Crippen molar-refractivity contribution >= 4 is 18.7 Å². The highest BCUT2D eigenvalue weighted by Gasteiger charge is 1.87. The Kier molecular flexibility index (Phi) is 13.3. The van der Waals surface area contributed by atoms with Crippen LogP contribution in [0.1, 0.15) is 6.92 Å². The molecular formula is C8H18N4O3. The Morgan fingerprint density at radius 2 is 2.00 bits per heavy atom. The van der Waals surface area contributed by atoms with Crippen LogP contribution in [0.15, 0.2) is 4.99 Å². The van der Waals surface area contributed by atoms with E-state index in [1.807, 2.05) is 0 Å². The van der Waals surface area contributed by atoms with Crippen molar-refractivity contribution in [2.45, 2.75) is 6.92 Å². The Labute approximate surface area is 89.3 Å². The molecule has 0 aliphatic heterocycles. The molecule has 88 valence electrons. The summed E-state index contributed by atoms with van der Waals surface area (Å²) in [6.07, 6.45) is 0. The number of ether oxygens (including phenoxy) is 1. The van der Waals surface area contributed by atoms with Gasteiger partial charge in [-0.1, -0.05) is 0 Å². The molecule has 0 aromatic heterocycles. The van der Waals surface area contributed by atoms with E-state index in [2.05, 4.69) is 32.4 Å². The minimum atomic E-state index is -0.403. The highest BCUT2D eigenvalue weighted by Crippen LogP contribution is 1.64. The summed E-state index contributed by atoms with van der Waals surface area (Å²) in [4.78, 5) is 23.3. The van der Waals surface area contributed by atoms with Gasteiger partial charge in [0.1, 0.15) is 6.73 Å². The molecule has 0 aromatic rings. The van der Waals surface area contributed by atoms with Crippen LogP contribution in [0, 0.1) is 0 Å². The lowest BCUT2D eigenvalue weighted by atomic mass is 10.7. The maximum atomic E-state index is 10.2. The van der Waals surface area contributed by atoms with E-state index in [1.54, 1.807) is 7.05 Å². The Balaban J connectivity index is 0. The van der Waals surface area contributed by atoms with Gasteiger partial charge >= 0.3 is 6.03 Å². The minimum absolute atomic E-state index is 0.0677. The molecule has 15 heavy (non-hydrogen) atoms. The Morgan fingerprint density at radius 3 is 2.27 bits per heavy atom. The molecule has 0 radical (unpaired) electrons. The van der Waals surface area contributed by atoms with E-state index < -0.39 is 6.03 Å². The van der Waals surface area contributed by atoms with Crippen molar-refractivity contribution in [3.05, 3.63) is 0 Å². The van der Waals surface area contributed by atoms with Crippen molar-refractivity contribution in [2.75, 3.05) is 27.6 Å². The molecule has 0 aliphatic carbocycles. The van der Waals surface area contributed by atoms with Crippen molar-refractivity contribution in [1.82, 2.24) is 16.0 Å². The first-order valence-electron chi connectivity index (χ1n) is 4.21. The van der Waals surface area contributed by atoms with Crippen LogP contribution in [0.5, 0.6) is 0 Å². The van der Waals surface area contributed by atoms with Crippen LogP contribution >= 0.6 is 0 Å². The Bertz CT molecular complexity index is 196. The molecular weight excluding hydrogens is 200 g/mol. The summed E-state index contributed by atoms with van der Waals surface area (Å²) in [7, 11) is 3.25. The van der Waals surface area contributed by atoms with Gasteiger partial charge in [0.2, 0.25) is 5.91 Å². The maximum Gasteiger partial charge on any atom is 0.341 e. The van der Waals surface area contributed by atoms with E-state index >= 15 is 0 Å². The smallest absolute Gasteiger partial charge is 0.341 e. The number of aliphatic imine (C=N–C) groups is 1. The third-order valence-corrected chi connectivity index (χ3v) is 1.03. The second-order valence-corrected chi connectivity index (χ2v) is 2.34. The van der Waals surface area contributed by atoms with Gasteiger partial charge in [0, 0.05) is 14.0 Å². The molecule has 0 saturated heterocycles. The first-order valence-corrected chi connectivity index (χ1v) is 4.21. The summed E-state index contributed by atoms with van der Waals surface area (Å²) in [5.74, 6) is -0.0677. The third-order valence-electron chi connectivity index (χ3n) is 1.03. The fraction of sp³-hybridized carbons (Fsp3) is 0.625. The summed E-state index contributed by atoms with van der Waals surface area (Å²) in [6, 6.07) is -0.403. The number of amides is 3. The van der Waals surface area contributed by atoms with Gasteiger partial charge in [-0.15, -0.1) is 0 Å². The van der Waals surface area contributed by atoms with E-state index in [9.17, 15) is 9.59 Å². The molecule has 7 nitrogen and oxygen atoms in total. The molecule has 0 rings (SSSR count). The predicted molar refractivity (Wildman–Crippen MR) is 57.7 cm³/mol. The van der Waals surface area contributed by atoms with E-state index in [0.29, 0.717) is 13.4 Å². The molecule has 0 unspecified atom stereocenters. The number of nitrogens with one attached hydrogen (secondary N) is 3. The SMILES string of the molecule is C=NC(=O)NCNC.COCNC(C)=O. The average molecular weight is 218 g/mol. The van der Waals surface area contributed by atoms with Gasteiger partial charge < -0.3 is 20.7 Å². The number of methoxy groups -OCH3 is 1. The second-order valence-electron chi connectivity index (χ2n) is 2.34. The predicted octanol–water partition coefficient (Wildman–Crippen LogP) is -0.700. The molecule has 0 fully saturated rings. The van der Waals surface area contributed by atoms with Crippen molar-refractivity contribution < 1.29 is 14.3 Å². The van der Waals surface area contributed by atoms with E-state index in [4.69, 9.17) is 0 Å². The largest absolute Gasteiger partial charge is 0.364 e. The number of urea groups is 1. The molecule has 3 amide bonds. The summed E-state index contributed by atoms with van der Waals surface area (Å²) in [5, 5.41) is 7.55. The molecule has 0 bridgehead atoms. The van der Waals surface area contributed by atoms with Gasteiger partial charge in [0.05, 0.1) is 6.67 Å². The number of carbonyl (C=O) groups is 2. The zero-order chi connectivity index (χ0) is 12.1. The van der Waals surface area contributed by atoms with Crippen LogP contribution in [-0.2, 0) is 9.53 Å². The number of hydrogen-bond acceptors (Lipinski definition) is 4. The molecule has 0 aliphatic rings. The average Bonchev–Trinajstić information content (AvgIpc) is 2.23. The molecule has 3 N–H and O–H groups in total. The summed E-state index contributed by atoms with van der Waals surface area (Å²) < 4.78 is 4.52. The number of rotatable bonds is 4. The van der Waals surface area contributed by atoms with E-state index in [0.717, 1.165) is 0 Å².